The van der Waals surface area contributed by atoms with E-state index in [-0.39, 0.29) is 6.42 Å². The third-order valence-corrected chi connectivity index (χ3v) is 2.39. The molecule has 2 atom stereocenters. The van der Waals surface area contributed by atoms with Crippen LogP contribution in [0.2, 0.25) is 0 Å². The SMILES string of the molecule is CC(O)Cc1ccccc1CC(N)C(=O)O. The molecule has 0 fully saturated rings. The van der Waals surface area contributed by atoms with E-state index in [9.17, 15) is 9.90 Å². The smallest absolute Gasteiger partial charge is 0.320 e. The number of carboxylic acids is 1. The lowest BCUT2D eigenvalue weighted by Gasteiger charge is -2.13. The van der Waals surface area contributed by atoms with Crippen LogP contribution in [0.5, 0.6) is 0 Å². The third kappa shape index (κ3) is 3.64. The Morgan fingerprint density at radius 2 is 1.81 bits per heavy atom. The molecule has 1 aromatic rings. The maximum absolute atomic E-state index is 10.7. The first-order valence-corrected chi connectivity index (χ1v) is 5.24. The van der Waals surface area contributed by atoms with Crippen LogP contribution in [0, 0.1) is 0 Å². The standard InChI is InChI=1S/C12H17NO3/c1-8(14)6-9-4-2-3-5-10(9)7-11(13)12(15)16/h2-5,8,11,14H,6-7,13H2,1H3,(H,15,16). The third-order valence-electron chi connectivity index (χ3n) is 2.39. The van der Waals surface area contributed by atoms with Crippen molar-refractivity contribution in [3.63, 3.8) is 0 Å². The lowest BCUT2D eigenvalue weighted by molar-refractivity contribution is -0.138. The molecule has 0 radical (unpaired) electrons. The molecule has 0 aliphatic carbocycles. The van der Waals surface area contributed by atoms with E-state index < -0.39 is 18.1 Å². The molecule has 88 valence electrons. The number of carboxylic acid groups (broad SMARTS) is 1. The van der Waals surface area contributed by atoms with Gasteiger partial charge < -0.3 is 15.9 Å². The second-order valence-electron chi connectivity index (χ2n) is 3.97. The molecule has 0 bridgehead atoms. The zero-order valence-corrected chi connectivity index (χ0v) is 9.26. The molecule has 16 heavy (non-hydrogen) atoms. The van der Waals surface area contributed by atoms with Gasteiger partial charge in [-0.3, -0.25) is 4.79 Å². The summed E-state index contributed by atoms with van der Waals surface area (Å²) in [6, 6.07) is 6.55. The molecule has 0 saturated heterocycles. The fraction of sp³-hybridized carbons (Fsp3) is 0.417. The second kappa shape index (κ2) is 5.63. The molecular formula is C12H17NO3. The highest BCUT2D eigenvalue weighted by Gasteiger charge is 2.14. The molecule has 4 N–H and O–H groups in total. The van der Waals surface area contributed by atoms with Crippen LogP contribution in [0.15, 0.2) is 24.3 Å². The van der Waals surface area contributed by atoms with Crippen molar-refractivity contribution in [2.75, 3.05) is 0 Å². The minimum Gasteiger partial charge on any atom is -0.480 e. The summed E-state index contributed by atoms with van der Waals surface area (Å²) in [4.78, 5) is 10.7. The predicted molar refractivity (Wildman–Crippen MR) is 61.1 cm³/mol. The van der Waals surface area contributed by atoms with Gasteiger partial charge in [0.1, 0.15) is 6.04 Å². The van der Waals surface area contributed by atoms with Crippen LogP contribution in [0.25, 0.3) is 0 Å². The van der Waals surface area contributed by atoms with E-state index in [0.717, 1.165) is 11.1 Å². The van der Waals surface area contributed by atoms with E-state index in [1.54, 1.807) is 6.92 Å². The van der Waals surface area contributed by atoms with Crippen molar-refractivity contribution >= 4 is 5.97 Å². The summed E-state index contributed by atoms with van der Waals surface area (Å²) in [7, 11) is 0. The molecule has 0 aliphatic rings. The predicted octanol–water partition coefficient (Wildman–Crippen LogP) is 0.564. The van der Waals surface area contributed by atoms with Gasteiger partial charge in [0.2, 0.25) is 0 Å². The normalized spacial score (nSPS) is 14.4. The quantitative estimate of drug-likeness (QED) is 0.681. The van der Waals surface area contributed by atoms with E-state index in [1.807, 2.05) is 24.3 Å². The molecular weight excluding hydrogens is 206 g/mol. The molecule has 0 aromatic heterocycles. The van der Waals surface area contributed by atoms with Crippen LogP contribution in [0.4, 0.5) is 0 Å². The molecule has 0 spiro atoms. The first-order valence-electron chi connectivity index (χ1n) is 5.24. The monoisotopic (exact) mass is 223 g/mol. The van der Waals surface area contributed by atoms with Crippen LogP contribution >= 0.6 is 0 Å². The average molecular weight is 223 g/mol. The molecule has 0 amide bonds. The first-order chi connectivity index (χ1) is 7.50. The van der Waals surface area contributed by atoms with Crippen LogP contribution in [0.3, 0.4) is 0 Å². The van der Waals surface area contributed by atoms with Gasteiger partial charge in [0.25, 0.3) is 0 Å². The number of carbonyl (C=O) groups is 1. The Labute approximate surface area is 94.7 Å². The van der Waals surface area contributed by atoms with Gasteiger partial charge in [-0.25, -0.2) is 0 Å². The number of rotatable bonds is 5. The maximum atomic E-state index is 10.7. The molecule has 4 nitrogen and oxygen atoms in total. The number of aliphatic carboxylic acids is 1. The first kappa shape index (κ1) is 12.7. The van der Waals surface area contributed by atoms with Crippen molar-refractivity contribution in [1.82, 2.24) is 0 Å². The maximum Gasteiger partial charge on any atom is 0.320 e. The van der Waals surface area contributed by atoms with Crippen molar-refractivity contribution < 1.29 is 15.0 Å². The lowest BCUT2D eigenvalue weighted by atomic mass is 9.97. The minimum absolute atomic E-state index is 0.290. The van der Waals surface area contributed by atoms with Gasteiger partial charge in [-0.2, -0.15) is 0 Å². The van der Waals surface area contributed by atoms with Crippen molar-refractivity contribution in [3.8, 4) is 0 Å². The van der Waals surface area contributed by atoms with Crippen LogP contribution in [0.1, 0.15) is 18.1 Å². The Morgan fingerprint density at radius 3 is 2.25 bits per heavy atom. The summed E-state index contributed by atoms with van der Waals surface area (Å²) >= 11 is 0. The van der Waals surface area contributed by atoms with Gasteiger partial charge in [0, 0.05) is 0 Å². The second-order valence-corrected chi connectivity index (χ2v) is 3.97. The van der Waals surface area contributed by atoms with Gasteiger partial charge in [0.15, 0.2) is 0 Å². The van der Waals surface area contributed by atoms with Gasteiger partial charge in [-0.05, 0) is 30.9 Å². The Hall–Kier alpha value is -1.39. The Bertz CT molecular complexity index is 363. The summed E-state index contributed by atoms with van der Waals surface area (Å²) < 4.78 is 0. The fourth-order valence-electron chi connectivity index (χ4n) is 1.60. The van der Waals surface area contributed by atoms with Gasteiger partial charge >= 0.3 is 5.97 Å². The molecule has 1 rings (SSSR count). The molecule has 1 aromatic carbocycles. The van der Waals surface area contributed by atoms with Crippen LogP contribution in [-0.4, -0.2) is 28.3 Å². The van der Waals surface area contributed by atoms with Crippen molar-refractivity contribution in [1.29, 1.82) is 0 Å². The number of aliphatic hydroxyl groups excluding tert-OH is 1. The lowest BCUT2D eigenvalue weighted by Crippen LogP contribution is -2.32. The Kier molecular flexibility index (Phi) is 4.46. The Balaban J connectivity index is 2.82. The van der Waals surface area contributed by atoms with E-state index >= 15 is 0 Å². The highest BCUT2D eigenvalue weighted by atomic mass is 16.4. The van der Waals surface area contributed by atoms with E-state index in [1.165, 1.54) is 0 Å². The summed E-state index contributed by atoms with van der Waals surface area (Å²) in [5, 5.41) is 18.1. The van der Waals surface area contributed by atoms with Crippen LogP contribution < -0.4 is 5.73 Å². The van der Waals surface area contributed by atoms with Crippen molar-refractivity contribution in [3.05, 3.63) is 35.4 Å². The summed E-state index contributed by atoms with van der Waals surface area (Å²) in [5.74, 6) is -1.01. The topological polar surface area (TPSA) is 83.5 Å². The van der Waals surface area contributed by atoms with E-state index in [0.29, 0.717) is 6.42 Å². The molecule has 0 aliphatic heterocycles. The summed E-state index contributed by atoms with van der Waals surface area (Å²) in [6.45, 7) is 1.70. The van der Waals surface area contributed by atoms with Crippen molar-refractivity contribution in [2.45, 2.75) is 31.9 Å². The van der Waals surface area contributed by atoms with Gasteiger partial charge in [-0.15, -0.1) is 0 Å². The Morgan fingerprint density at radius 1 is 1.31 bits per heavy atom. The highest BCUT2D eigenvalue weighted by molar-refractivity contribution is 5.73. The number of hydrogen-bond acceptors (Lipinski definition) is 3. The number of benzene rings is 1. The number of aliphatic hydroxyl groups is 1. The van der Waals surface area contributed by atoms with Gasteiger partial charge in [-0.1, -0.05) is 24.3 Å². The van der Waals surface area contributed by atoms with E-state index in [4.69, 9.17) is 10.8 Å². The van der Waals surface area contributed by atoms with E-state index in [2.05, 4.69) is 0 Å². The average Bonchev–Trinajstić information content (AvgIpc) is 2.20. The van der Waals surface area contributed by atoms with Crippen LogP contribution in [-0.2, 0) is 17.6 Å². The fourth-order valence-corrected chi connectivity index (χ4v) is 1.60. The van der Waals surface area contributed by atoms with Crippen molar-refractivity contribution in [2.24, 2.45) is 5.73 Å². The summed E-state index contributed by atoms with van der Waals surface area (Å²) in [5.41, 5.74) is 7.33. The van der Waals surface area contributed by atoms with Gasteiger partial charge in [0.05, 0.1) is 6.10 Å². The summed E-state index contributed by atoms with van der Waals surface area (Å²) in [6.07, 6.45) is 0.364. The highest BCUT2D eigenvalue weighted by Crippen LogP contribution is 2.13. The minimum atomic E-state index is -1.01. The molecule has 0 heterocycles. The zero-order valence-electron chi connectivity index (χ0n) is 9.26. The number of hydrogen-bond donors (Lipinski definition) is 3. The number of nitrogens with two attached hydrogens (primary N) is 1. The molecule has 4 heteroatoms. The zero-order chi connectivity index (χ0) is 12.1. The largest absolute Gasteiger partial charge is 0.480 e. The molecule has 2 unspecified atom stereocenters. The molecule has 0 saturated carbocycles.